The van der Waals surface area contributed by atoms with E-state index in [2.05, 4.69) is 31.1 Å². The topological polar surface area (TPSA) is 112 Å². The number of hydrogen-bond acceptors (Lipinski definition) is 4. The molecule has 1 heterocycles. The minimum absolute atomic E-state index is 0.0112. The maximum atomic E-state index is 11.9. The molecule has 4 N–H and O–H groups in total. The van der Waals surface area contributed by atoms with Crippen LogP contribution in [0.3, 0.4) is 0 Å². The van der Waals surface area contributed by atoms with Crippen LogP contribution in [0.1, 0.15) is 23.6 Å². The number of aryl methyl sites for hydroxylation is 2. The largest absolute Gasteiger partial charge is 0.359 e. The van der Waals surface area contributed by atoms with E-state index < -0.39 is 0 Å². The van der Waals surface area contributed by atoms with Crippen LogP contribution in [0.25, 0.3) is 0 Å². The van der Waals surface area contributed by atoms with Crippen LogP contribution >= 0.6 is 0 Å². The molecule has 1 aromatic heterocycles. The minimum Gasteiger partial charge on any atom is -0.359 e. The zero-order valence-electron chi connectivity index (χ0n) is 13.1. The van der Waals surface area contributed by atoms with Crippen molar-refractivity contribution in [3.8, 4) is 0 Å². The summed E-state index contributed by atoms with van der Waals surface area (Å²) in [6, 6.07) is 7.06. The van der Waals surface area contributed by atoms with Gasteiger partial charge in [0.2, 0.25) is 5.91 Å². The predicted octanol–water partition coefficient (Wildman–Crippen LogP) is 1.11. The Bertz CT molecular complexity index is 682. The molecule has 122 valence electrons. The van der Waals surface area contributed by atoms with E-state index in [-0.39, 0.29) is 18.5 Å². The van der Waals surface area contributed by atoms with E-state index >= 15 is 0 Å². The van der Waals surface area contributed by atoms with Crippen LogP contribution in [0.5, 0.6) is 0 Å². The number of nitrogens with zero attached hydrogens (tertiary/aromatic N) is 2. The molecule has 0 bridgehead atoms. The first-order valence-electron chi connectivity index (χ1n) is 7.29. The quantitative estimate of drug-likeness (QED) is 0.639. The summed E-state index contributed by atoms with van der Waals surface area (Å²) in [5.74, 6) is 1.21. The lowest BCUT2D eigenvalue weighted by Crippen LogP contribution is -2.28. The molecule has 0 radical (unpaired) electrons. The maximum Gasteiger partial charge on any atom is 0.319 e. The van der Waals surface area contributed by atoms with Crippen molar-refractivity contribution in [3.63, 3.8) is 0 Å². The van der Waals surface area contributed by atoms with Crippen LogP contribution in [0.15, 0.2) is 24.3 Å². The molecular weight excluding hydrogens is 296 g/mol. The number of carbonyl (C=O) groups is 2. The van der Waals surface area contributed by atoms with Gasteiger partial charge in [-0.05, 0) is 31.0 Å². The van der Waals surface area contributed by atoms with Crippen molar-refractivity contribution in [1.29, 1.82) is 0 Å². The molecule has 3 amide bonds. The Morgan fingerprint density at radius 2 is 2.13 bits per heavy atom. The van der Waals surface area contributed by atoms with Gasteiger partial charge in [0.15, 0.2) is 5.82 Å². The molecule has 0 aliphatic carbocycles. The second-order valence-electron chi connectivity index (χ2n) is 5.02. The second-order valence-corrected chi connectivity index (χ2v) is 5.02. The average molecular weight is 316 g/mol. The highest BCUT2D eigenvalue weighted by atomic mass is 16.2. The fraction of sp³-hybridized carbons (Fsp3) is 0.333. The molecule has 0 unspecified atom stereocenters. The van der Waals surface area contributed by atoms with Gasteiger partial charge in [0.1, 0.15) is 5.82 Å². The predicted molar refractivity (Wildman–Crippen MR) is 85.8 cm³/mol. The van der Waals surface area contributed by atoms with Gasteiger partial charge in [-0.25, -0.2) is 9.78 Å². The smallest absolute Gasteiger partial charge is 0.319 e. The normalized spacial score (nSPS) is 10.2. The number of aromatic nitrogens is 3. The minimum atomic E-state index is -0.337. The number of anilines is 1. The molecule has 0 saturated carbocycles. The van der Waals surface area contributed by atoms with Crippen molar-refractivity contribution in [3.05, 3.63) is 41.5 Å². The first-order chi connectivity index (χ1) is 11.1. The van der Waals surface area contributed by atoms with E-state index in [4.69, 9.17) is 0 Å². The summed E-state index contributed by atoms with van der Waals surface area (Å²) in [6.45, 7) is 2.04. The molecular formula is C15H20N6O2. The van der Waals surface area contributed by atoms with Gasteiger partial charge in [-0.2, -0.15) is 5.10 Å². The number of nitrogens with one attached hydrogen (secondary N) is 4. The van der Waals surface area contributed by atoms with E-state index in [1.165, 1.54) is 0 Å². The first kappa shape index (κ1) is 16.5. The summed E-state index contributed by atoms with van der Waals surface area (Å²) in [6.07, 6.45) is 1.03. The monoisotopic (exact) mass is 316 g/mol. The van der Waals surface area contributed by atoms with E-state index in [1.807, 2.05) is 18.2 Å². The van der Waals surface area contributed by atoms with Crippen molar-refractivity contribution in [2.24, 2.45) is 0 Å². The number of H-pyrrole nitrogens is 1. The van der Waals surface area contributed by atoms with Crippen LogP contribution in [0, 0.1) is 6.92 Å². The van der Waals surface area contributed by atoms with E-state index in [1.54, 1.807) is 20.0 Å². The summed E-state index contributed by atoms with van der Waals surface area (Å²) in [4.78, 5) is 27.2. The van der Waals surface area contributed by atoms with Crippen LogP contribution < -0.4 is 16.0 Å². The lowest BCUT2D eigenvalue weighted by atomic mass is 10.1. The van der Waals surface area contributed by atoms with Crippen molar-refractivity contribution in [2.75, 3.05) is 12.4 Å². The second kappa shape index (κ2) is 7.92. The number of aromatic amines is 1. The molecule has 0 fully saturated rings. The number of amides is 3. The van der Waals surface area contributed by atoms with Crippen LogP contribution in [0.2, 0.25) is 0 Å². The third kappa shape index (κ3) is 5.42. The third-order valence-electron chi connectivity index (χ3n) is 3.16. The Balaban J connectivity index is 1.84. The van der Waals surface area contributed by atoms with E-state index in [9.17, 15) is 9.59 Å². The molecule has 23 heavy (non-hydrogen) atoms. The van der Waals surface area contributed by atoms with Crippen molar-refractivity contribution in [1.82, 2.24) is 25.8 Å². The number of hydrogen-bond donors (Lipinski definition) is 4. The summed E-state index contributed by atoms with van der Waals surface area (Å²) in [7, 11) is 1.61. The van der Waals surface area contributed by atoms with Gasteiger partial charge >= 0.3 is 6.03 Å². The van der Waals surface area contributed by atoms with Gasteiger partial charge in [-0.1, -0.05) is 12.1 Å². The Morgan fingerprint density at radius 1 is 1.30 bits per heavy atom. The summed E-state index contributed by atoms with van der Waals surface area (Å²) in [5, 5.41) is 14.7. The fourth-order valence-corrected chi connectivity index (χ4v) is 1.99. The van der Waals surface area contributed by atoms with Crippen LogP contribution in [0.4, 0.5) is 10.5 Å². The summed E-state index contributed by atoms with van der Waals surface area (Å²) in [5.41, 5.74) is 1.65. The maximum absolute atomic E-state index is 11.9. The molecule has 0 saturated heterocycles. The van der Waals surface area contributed by atoms with Gasteiger partial charge < -0.3 is 16.0 Å². The van der Waals surface area contributed by atoms with Crippen molar-refractivity contribution >= 4 is 17.6 Å². The van der Waals surface area contributed by atoms with Gasteiger partial charge in [-0.15, -0.1) is 0 Å². The van der Waals surface area contributed by atoms with E-state index in [0.717, 1.165) is 5.56 Å². The van der Waals surface area contributed by atoms with Gasteiger partial charge in [0, 0.05) is 19.2 Å². The number of urea groups is 1. The standard InChI is InChI=1S/C15H20N6O2/c1-10-18-13(21-20-10)9-17-15(23)19-12-5-3-4-11(8-12)6-7-14(22)16-2/h3-5,8H,6-7,9H2,1-2H3,(H,16,22)(H2,17,19,23)(H,18,20,21). The average Bonchev–Trinajstić information content (AvgIpc) is 2.96. The summed E-state index contributed by atoms with van der Waals surface area (Å²) < 4.78 is 0. The number of benzene rings is 1. The zero-order chi connectivity index (χ0) is 16.7. The molecule has 8 nitrogen and oxygen atoms in total. The lowest BCUT2D eigenvalue weighted by molar-refractivity contribution is -0.120. The van der Waals surface area contributed by atoms with Crippen molar-refractivity contribution in [2.45, 2.75) is 26.3 Å². The Labute approximate surface area is 134 Å². The Kier molecular flexibility index (Phi) is 5.67. The molecule has 1 aromatic carbocycles. The van der Waals surface area contributed by atoms with Gasteiger partial charge in [0.05, 0.1) is 6.54 Å². The molecule has 8 heteroatoms. The van der Waals surface area contributed by atoms with Crippen LogP contribution in [-0.2, 0) is 17.8 Å². The van der Waals surface area contributed by atoms with Crippen molar-refractivity contribution < 1.29 is 9.59 Å². The Morgan fingerprint density at radius 3 is 2.83 bits per heavy atom. The zero-order valence-corrected chi connectivity index (χ0v) is 13.1. The molecule has 0 spiro atoms. The highest BCUT2D eigenvalue weighted by Crippen LogP contribution is 2.12. The van der Waals surface area contributed by atoms with E-state index in [0.29, 0.717) is 30.2 Å². The fourth-order valence-electron chi connectivity index (χ4n) is 1.99. The highest BCUT2D eigenvalue weighted by molar-refractivity contribution is 5.89. The lowest BCUT2D eigenvalue weighted by Gasteiger charge is -2.08. The molecule has 2 rings (SSSR count). The SMILES string of the molecule is CNC(=O)CCc1cccc(NC(=O)NCc2n[nH]c(C)n2)c1. The molecule has 0 aliphatic rings. The van der Waals surface area contributed by atoms with Crippen LogP contribution in [-0.4, -0.2) is 34.2 Å². The first-order valence-corrected chi connectivity index (χ1v) is 7.29. The number of rotatable bonds is 6. The number of carbonyl (C=O) groups excluding carboxylic acids is 2. The third-order valence-corrected chi connectivity index (χ3v) is 3.16. The Hall–Kier alpha value is -2.90. The molecule has 0 atom stereocenters. The molecule has 2 aromatic rings. The summed E-state index contributed by atoms with van der Waals surface area (Å²) >= 11 is 0. The molecule has 0 aliphatic heterocycles. The van der Waals surface area contributed by atoms with Gasteiger partial charge in [0.25, 0.3) is 0 Å². The van der Waals surface area contributed by atoms with Gasteiger partial charge in [-0.3, -0.25) is 9.89 Å². The highest BCUT2D eigenvalue weighted by Gasteiger charge is 2.06.